The predicted molar refractivity (Wildman–Crippen MR) is 118 cm³/mol. The normalized spacial score (nSPS) is 15.2. The van der Waals surface area contributed by atoms with Gasteiger partial charge in [-0.25, -0.2) is 4.39 Å². The second-order valence-corrected chi connectivity index (χ2v) is 8.79. The Morgan fingerprint density at radius 3 is 2.61 bits per heavy atom. The molecule has 2 aromatic carbocycles. The van der Waals surface area contributed by atoms with E-state index in [0.29, 0.717) is 35.3 Å². The second-order valence-electron chi connectivity index (χ2n) is 8.79. The molecule has 1 heterocycles. The van der Waals surface area contributed by atoms with Crippen molar-refractivity contribution < 1.29 is 23.5 Å². The summed E-state index contributed by atoms with van der Waals surface area (Å²) in [6, 6.07) is 10.7. The molecule has 6 nitrogen and oxygen atoms in total. The third-order valence-electron chi connectivity index (χ3n) is 5.06. The Labute approximate surface area is 182 Å². The summed E-state index contributed by atoms with van der Waals surface area (Å²) in [6.07, 6.45) is 0.875. The minimum absolute atomic E-state index is 0.0244. The Hall–Kier alpha value is -3.09. The van der Waals surface area contributed by atoms with Crippen LogP contribution in [0.5, 0.6) is 11.5 Å². The van der Waals surface area contributed by atoms with E-state index < -0.39 is 5.41 Å². The van der Waals surface area contributed by atoms with Gasteiger partial charge in [0.15, 0.2) is 6.61 Å². The molecule has 0 saturated heterocycles. The van der Waals surface area contributed by atoms with Crippen LogP contribution in [0.15, 0.2) is 42.5 Å². The van der Waals surface area contributed by atoms with E-state index in [1.54, 1.807) is 23.1 Å². The molecule has 0 saturated carbocycles. The maximum Gasteiger partial charge on any atom is 0.262 e. The van der Waals surface area contributed by atoms with Gasteiger partial charge < -0.3 is 19.7 Å². The number of hydrogen-bond donors (Lipinski definition) is 1. The number of anilines is 2. The molecule has 7 heteroatoms. The fraction of sp³-hybridized carbons (Fsp3) is 0.417. The topological polar surface area (TPSA) is 67.9 Å². The number of carbonyl (C=O) groups excluding carboxylic acids is 2. The third kappa shape index (κ3) is 5.75. The van der Waals surface area contributed by atoms with E-state index in [-0.39, 0.29) is 30.8 Å². The van der Waals surface area contributed by atoms with Gasteiger partial charge in [0.05, 0.1) is 11.1 Å². The van der Waals surface area contributed by atoms with Crippen LogP contribution in [0.3, 0.4) is 0 Å². The maximum absolute atomic E-state index is 13.1. The van der Waals surface area contributed by atoms with Crippen LogP contribution in [0.4, 0.5) is 15.8 Å². The summed E-state index contributed by atoms with van der Waals surface area (Å²) in [6.45, 7) is 8.64. The first-order chi connectivity index (χ1) is 14.7. The molecule has 0 spiro atoms. The van der Waals surface area contributed by atoms with Crippen molar-refractivity contribution in [1.82, 2.24) is 0 Å². The molecule has 0 fully saturated rings. The van der Waals surface area contributed by atoms with E-state index in [1.807, 2.05) is 13.8 Å². The zero-order chi connectivity index (χ0) is 22.6. The monoisotopic (exact) mass is 428 g/mol. The first-order valence-electron chi connectivity index (χ1n) is 10.4. The van der Waals surface area contributed by atoms with Crippen molar-refractivity contribution >= 4 is 23.2 Å². The Bertz CT molecular complexity index is 941. The second kappa shape index (κ2) is 9.37. The lowest BCUT2D eigenvalue weighted by molar-refractivity contribution is -0.127. The summed E-state index contributed by atoms with van der Waals surface area (Å²) in [4.78, 5) is 27.1. The number of carbonyl (C=O) groups is 2. The van der Waals surface area contributed by atoms with E-state index in [2.05, 4.69) is 19.2 Å². The molecule has 0 bridgehead atoms. The van der Waals surface area contributed by atoms with Gasteiger partial charge in [0.1, 0.15) is 23.9 Å². The minimum atomic E-state index is -0.650. The van der Waals surface area contributed by atoms with Gasteiger partial charge in [-0.3, -0.25) is 9.59 Å². The lowest BCUT2D eigenvalue weighted by Gasteiger charge is -2.28. The third-order valence-corrected chi connectivity index (χ3v) is 5.06. The SMILES string of the molecule is CC(C)CCN1C(=O)C(C)(C)COc2cc(NC(=O)COc3ccc(F)cc3)ccc21. The van der Waals surface area contributed by atoms with Crippen LogP contribution in [-0.2, 0) is 9.59 Å². The Balaban J connectivity index is 1.72. The van der Waals surface area contributed by atoms with Crippen LogP contribution in [-0.4, -0.2) is 31.6 Å². The summed E-state index contributed by atoms with van der Waals surface area (Å²) < 4.78 is 24.3. The van der Waals surface area contributed by atoms with Gasteiger partial charge in [-0.05, 0) is 62.6 Å². The molecule has 0 radical (unpaired) electrons. The van der Waals surface area contributed by atoms with Crippen LogP contribution in [0.2, 0.25) is 0 Å². The number of amides is 2. The minimum Gasteiger partial charge on any atom is -0.490 e. The predicted octanol–water partition coefficient (Wildman–Crippen LogP) is 4.64. The molecule has 1 N–H and O–H groups in total. The van der Waals surface area contributed by atoms with Gasteiger partial charge in [0.2, 0.25) is 5.91 Å². The number of ether oxygens (including phenoxy) is 2. The van der Waals surface area contributed by atoms with Crippen molar-refractivity contribution in [2.75, 3.05) is 30.0 Å². The van der Waals surface area contributed by atoms with E-state index >= 15 is 0 Å². The first kappa shape index (κ1) is 22.6. The summed E-state index contributed by atoms with van der Waals surface area (Å²) in [7, 11) is 0. The molecule has 1 aliphatic heterocycles. The Morgan fingerprint density at radius 2 is 1.94 bits per heavy atom. The van der Waals surface area contributed by atoms with Crippen molar-refractivity contribution in [3.63, 3.8) is 0 Å². The van der Waals surface area contributed by atoms with Gasteiger partial charge in [0.25, 0.3) is 5.91 Å². The standard InChI is InChI=1S/C24H29FN2O4/c1-16(2)11-12-27-20-10-7-18(13-21(20)31-15-24(3,4)23(27)29)26-22(28)14-30-19-8-5-17(25)6-9-19/h5-10,13,16H,11-12,14-15H2,1-4H3,(H,26,28). The van der Waals surface area contributed by atoms with Crippen molar-refractivity contribution in [2.45, 2.75) is 34.1 Å². The van der Waals surface area contributed by atoms with Gasteiger partial charge in [-0.2, -0.15) is 0 Å². The number of nitrogens with one attached hydrogen (secondary N) is 1. The average Bonchev–Trinajstić information content (AvgIpc) is 2.81. The number of fused-ring (bicyclic) bond motifs is 1. The highest BCUT2D eigenvalue weighted by Crippen LogP contribution is 2.38. The van der Waals surface area contributed by atoms with E-state index in [9.17, 15) is 14.0 Å². The summed E-state index contributed by atoms with van der Waals surface area (Å²) >= 11 is 0. The molecule has 166 valence electrons. The molecule has 0 atom stereocenters. The lowest BCUT2D eigenvalue weighted by atomic mass is 9.92. The smallest absolute Gasteiger partial charge is 0.262 e. The number of nitrogens with zero attached hydrogens (tertiary/aromatic N) is 1. The van der Waals surface area contributed by atoms with Crippen LogP contribution in [0, 0.1) is 17.2 Å². The molecule has 2 amide bonds. The van der Waals surface area contributed by atoms with Crippen molar-refractivity contribution in [2.24, 2.45) is 11.3 Å². The average molecular weight is 429 g/mol. The number of benzene rings is 2. The van der Waals surface area contributed by atoms with Crippen LogP contribution in [0.1, 0.15) is 34.1 Å². The summed E-state index contributed by atoms with van der Waals surface area (Å²) in [5, 5.41) is 2.77. The van der Waals surface area contributed by atoms with Gasteiger partial charge in [-0.15, -0.1) is 0 Å². The molecule has 0 unspecified atom stereocenters. The quantitative estimate of drug-likeness (QED) is 0.698. The number of halogens is 1. The Morgan fingerprint density at radius 1 is 1.23 bits per heavy atom. The molecule has 0 aromatic heterocycles. The van der Waals surface area contributed by atoms with Gasteiger partial charge in [0, 0.05) is 18.3 Å². The first-order valence-corrected chi connectivity index (χ1v) is 10.4. The molecule has 31 heavy (non-hydrogen) atoms. The Kier molecular flexibility index (Phi) is 6.83. The van der Waals surface area contributed by atoms with Gasteiger partial charge >= 0.3 is 0 Å². The highest BCUT2D eigenvalue weighted by atomic mass is 19.1. The number of hydrogen-bond acceptors (Lipinski definition) is 4. The van der Waals surface area contributed by atoms with Crippen molar-refractivity contribution in [3.05, 3.63) is 48.3 Å². The zero-order valence-corrected chi connectivity index (χ0v) is 18.4. The largest absolute Gasteiger partial charge is 0.490 e. The van der Waals surface area contributed by atoms with Crippen LogP contribution in [0.25, 0.3) is 0 Å². The number of rotatable bonds is 7. The fourth-order valence-corrected chi connectivity index (χ4v) is 3.21. The summed E-state index contributed by atoms with van der Waals surface area (Å²) in [5.41, 5.74) is 0.599. The highest BCUT2D eigenvalue weighted by Gasteiger charge is 2.37. The molecular formula is C24H29FN2O4. The van der Waals surface area contributed by atoms with Crippen LogP contribution < -0.4 is 19.7 Å². The molecule has 2 aromatic rings. The highest BCUT2D eigenvalue weighted by molar-refractivity contribution is 6.00. The van der Waals surface area contributed by atoms with Gasteiger partial charge in [-0.1, -0.05) is 13.8 Å². The van der Waals surface area contributed by atoms with Crippen LogP contribution >= 0.6 is 0 Å². The zero-order valence-electron chi connectivity index (χ0n) is 18.4. The van der Waals surface area contributed by atoms with E-state index in [1.165, 1.54) is 24.3 Å². The molecule has 3 rings (SSSR count). The lowest BCUT2D eigenvalue weighted by Crippen LogP contribution is -2.42. The maximum atomic E-state index is 13.1. The van der Waals surface area contributed by atoms with Crippen molar-refractivity contribution in [1.29, 1.82) is 0 Å². The summed E-state index contributed by atoms with van der Waals surface area (Å²) in [5.74, 6) is 0.722. The molecular weight excluding hydrogens is 399 g/mol. The fourth-order valence-electron chi connectivity index (χ4n) is 3.21. The molecule has 1 aliphatic rings. The van der Waals surface area contributed by atoms with E-state index in [0.717, 1.165) is 6.42 Å². The van der Waals surface area contributed by atoms with E-state index in [4.69, 9.17) is 9.47 Å². The molecule has 0 aliphatic carbocycles. The van der Waals surface area contributed by atoms with Crippen molar-refractivity contribution in [3.8, 4) is 11.5 Å².